The third-order valence-corrected chi connectivity index (χ3v) is 5.60. The van der Waals surface area contributed by atoms with Crippen molar-refractivity contribution in [2.45, 2.75) is 44.1 Å². The van der Waals surface area contributed by atoms with Gasteiger partial charge in [-0.2, -0.15) is 0 Å². The first kappa shape index (κ1) is 24.7. The number of methoxy groups -OCH3 is 1. The van der Waals surface area contributed by atoms with Gasteiger partial charge in [-0.15, -0.1) is 0 Å². The van der Waals surface area contributed by atoms with E-state index in [-0.39, 0.29) is 48.7 Å². The van der Waals surface area contributed by atoms with Crippen molar-refractivity contribution in [1.82, 2.24) is 0 Å². The second kappa shape index (κ2) is 9.04. The summed E-state index contributed by atoms with van der Waals surface area (Å²) in [6.45, 7) is 0. The Morgan fingerprint density at radius 3 is 1.45 bits per heavy atom. The van der Waals surface area contributed by atoms with E-state index in [9.17, 15) is 0 Å². The summed E-state index contributed by atoms with van der Waals surface area (Å²) < 4.78 is 4.77. The zero-order chi connectivity index (χ0) is 14.3. The van der Waals surface area contributed by atoms with Crippen LogP contribution in [0.25, 0.3) is 0 Å². The summed E-state index contributed by atoms with van der Waals surface area (Å²) in [5.74, 6) is 3.29. The van der Waals surface area contributed by atoms with E-state index in [2.05, 4.69) is 25.9 Å². The first-order chi connectivity index (χ1) is 8.75. The molecule has 0 radical (unpaired) electrons. The van der Waals surface area contributed by atoms with Crippen LogP contribution < -0.4 is 5.11 Å². The van der Waals surface area contributed by atoms with E-state index in [1.54, 1.807) is 19.3 Å². The van der Waals surface area contributed by atoms with Crippen LogP contribution in [0, 0.1) is 17.8 Å². The third kappa shape index (κ3) is 5.21. The zero-order valence-corrected chi connectivity index (χ0v) is 16.5. The Morgan fingerprint density at radius 2 is 1.27 bits per heavy atom. The number of hydrogen-bond acceptors (Lipinski definition) is 5. The number of carbonyl (C=O) groups excluding carboxylic acids is 1. The Labute approximate surface area is 163 Å². The number of carbonyl (C=O) groups is 1. The van der Waals surface area contributed by atoms with Gasteiger partial charge in [-0.1, -0.05) is 0 Å². The molecular weight excluding hydrogens is 314 g/mol. The molecule has 0 aromatic heterocycles. The van der Waals surface area contributed by atoms with Gasteiger partial charge in [-0.05, 0) is 37.0 Å². The van der Waals surface area contributed by atoms with Gasteiger partial charge in [-0.25, -0.2) is 0 Å². The minimum absolute atomic E-state index is 0. The molecule has 4 aliphatic rings. The molecule has 126 valence electrons. The van der Waals surface area contributed by atoms with Gasteiger partial charge in [0.05, 0.1) is 26.7 Å². The summed E-state index contributed by atoms with van der Waals surface area (Å²) >= 11 is 0. The van der Waals surface area contributed by atoms with Crippen LogP contribution in [-0.4, -0.2) is 93.1 Å². The Morgan fingerprint density at radius 1 is 1.00 bits per heavy atom. The quantitative estimate of drug-likeness (QED) is 0.399. The van der Waals surface area contributed by atoms with Crippen molar-refractivity contribution in [3.05, 3.63) is 0 Å². The first-order valence-electron chi connectivity index (χ1n) is 7.32. The zero-order valence-electron chi connectivity index (χ0n) is 14.2. The SMILES string of the molecule is COC(=O)[O-].C[N+](C)(C)C12CC3CC(CC(C3)C1)C2.[Ca+2].[OH-].[OH-]. The summed E-state index contributed by atoms with van der Waals surface area (Å²) in [6.07, 6.45) is 7.80. The van der Waals surface area contributed by atoms with Crippen molar-refractivity contribution >= 4 is 43.9 Å². The van der Waals surface area contributed by atoms with Gasteiger partial charge in [0.2, 0.25) is 0 Å². The normalized spacial score (nSPS) is 34.1. The molecule has 0 amide bonds. The van der Waals surface area contributed by atoms with E-state index < -0.39 is 6.16 Å². The van der Waals surface area contributed by atoms with Gasteiger partial charge in [0.15, 0.2) is 0 Å². The molecule has 22 heavy (non-hydrogen) atoms. The van der Waals surface area contributed by atoms with Crippen LogP contribution >= 0.6 is 0 Å². The van der Waals surface area contributed by atoms with E-state index in [1.165, 1.54) is 23.7 Å². The maximum absolute atomic E-state index is 9.03. The number of nitrogens with zero attached hydrogens (tertiary/aromatic N) is 1. The average Bonchev–Trinajstić information content (AvgIpc) is 2.26. The topological polar surface area (TPSA) is 109 Å². The monoisotopic (exact) mass is 343 g/mol. The molecule has 2 N–H and O–H groups in total. The van der Waals surface area contributed by atoms with Crippen molar-refractivity contribution in [1.29, 1.82) is 0 Å². The molecule has 7 heteroatoms. The molecule has 0 unspecified atom stereocenters. The first-order valence-corrected chi connectivity index (χ1v) is 7.32. The maximum Gasteiger partial charge on any atom is 2.00 e. The van der Waals surface area contributed by atoms with Gasteiger partial charge < -0.3 is 30.1 Å². The Balaban J connectivity index is 0. The van der Waals surface area contributed by atoms with E-state index >= 15 is 0 Å². The largest absolute Gasteiger partial charge is 2.00 e. The van der Waals surface area contributed by atoms with Crippen molar-refractivity contribution in [2.24, 2.45) is 17.8 Å². The summed E-state index contributed by atoms with van der Waals surface area (Å²) in [6, 6.07) is 0. The average molecular weight is 343 g/mol. The molecule has 4 bridgehead atoms. The molecule has 0 aliphatic heterocycles. The Bertz CT molecular complexity index is 321. The molecule has 0 aromatic carbocycles. The second-order valence-electron chi connectivity index (χ2n) is 7.61. The van der Waals surface area contributed by atoms with Gasteiger partial charge in [0, 0.05) is 26.4 Å². The molecule has 0 spiro atoms. The molecule has 4 saturated carbocycles. The summed E-state index contributed by atoms with van der Waals surface area (Å²) in [7, 11) is 8.31. The van der Waals surface area contributed by atoms with Gasteiger partial charge >= 0.3 is 37.7 Å². The third-order valence-electron chi connectivity index (χ3n) is 5.60. The molecule has 4 fully saturated rings. The van der Waals surface area contributed by atoms with Crippen molar-refractivity contribution in [3.63, 3.8) is 0 Å². The van der Waals surface area contributed by atoms with Crippen LogP contribution in [0.4, 0.5) is 4.79 Å². The van der Waals surface area contributed by atoms with Crippen LogP contribution in [0.1, 0.15) is 38.5 Å². The summed E-state index contributed by atoms with van der Waals surface area (Å²) in [4.78, 5) is 9.03. The number of ether oxygens (including phenoxy) is 1. The molecular formula is C15H29CaNO5. The second-order valence-corrected chi connectivity index (χ2v) is 7.61. The van der Waals surface area contributed by atoms with Gasteiger partial charge in [0.1, 0.15) is 0 Å². The number of rotatable bonds is 1. The minimum atomic E-state index is -1.50. The molecule has 0 atom stereocenters. The van der Waals surface area contributed by atoms with Crippen LogP contribution in [0.2, 0.25) is 0 Å². The van der Waals surface area contributed by atoms with E-state index in [1.807, 2.05) is 0 Å². The molecule has 6 nitrogen and oxygen atoms in total. The molecule has 0 heterocycles. The molecule has 4 aliphatic carbocycles. The standard InChI is InChI=1S/C13H24N.C2H4O3.Ca.2H2O/c1-14(2,3)13-7-10-4-11(8-13)6-12(5-10)9-13;1-5-2(3)4;;;/h10-12H,4-9H2,1-3H3;1H3,(H,3,4);;2*1H2/q+1;;+2;;/p-3. The van der Waals surface area contributed by atoms with Crippen molar-refractivity contribution < 1.29 is 30.1 Å². The summed E-state index contributed by atoms with van der Waals surface area (Å²) in [5, 5.41) is 9.03. The smallest absolute Gasteiger partial charge is 0.870 e. The maximum atomic E-state index is 9.03. The van der Waals surface area contributed by atoms with Crippen LogP contribution in [0.15, 0.2) is 0 Å². The van der Waals surface area contributed by atoms with Crippen LogP contribution in [0.5, 0.6) is 0 Å². The predicted octanol–water partition coefficient (Wildman–Crippen LogP) is 0.903. The van der Waals surface area contributed by atoms with Crippen molar-refractivity contribution in [3.8, 4) is 0 Å². The molecule has 4 rings (SSSR count). The fourth-order valence-electron chi connectivity index (χ4n) is 4.89. The number of carboxylic acid groups (broad SMARTS) is 1. The Hall–Kier alpha value is 0.410. The Kier molecular flexibility index (Phi) is 10.1. The summed E-state index contributed by atoms with van der Waals surface area (Å²) in [5.41, 5.74) is 0.675. The van der Waals surface area contributed by atoms with Crippen LogP contribution in [-0.2, 0) is 4.74 Å². The van der Waals surface area contributed by atoms with Gasteiger partial charge in [0.25, 0.3) is 6.16 Å². The minimum Gasteiger partial charge on any atom is -0.870 e. The number of quaternary nitrogens is 1. The van der Waals surface area contributed by atoms with Crippen LogP contribution in [0.3, 0.4) is 0 Å². The number of hydrogen-bond donors (Lipinski definition) is 0. The predicted molar refractivity (Wildman–Crippen MR) is 81.0 cm³/mol. The molecule has 0 aromatic rings. The molecule has 0 saturated heterocycles. The van der Waals surface area contributed by atoms with E-state index in [0.29, 0.717) is 5.54 Å². The fraction of sp³-hybridized carbons (Fsp3) is 0.933. The van der Waals surface area contributed by atoms with Crippen molar-refractivity contribution in [2.75, 3.05) is 28.3 Å². The van der Waals surface area contributed by atoms with E-state index in [0.717, 1.165) is 24.9 Å². The van der Waals surface area contributed by atoms with E-state index in [4.69, 9.17) is 9.90 Å². The van der Waals surface area contributed by atoms with Gasteiger partial charge in [-0.3, -0.25) is 0 Å². The fourth-order valence-corrected chi connectivity index (χ4v) is 4.89.